The fourth-order valence-corrected chi connectivity index (χ4v) is 3.61. The van der Waals surface area contributed by atoms with E-state index in [1.165, 1.54) is 16.4 Å². The lowest BCUT2D eigenvalue weighted by Gasteiger charge is -2.16. The third-order valence-corrected chi connectivity index (χ3v) is 6.28. The molecule has 0 saturated heterocycles. The van der Waals surface area contributed by atoms with Crippen LogP contribution >= 0.6 is 0 Å². The van der Waals surface area contributed by atoms with Gasteiger partial charge in [0.2, 0.25) is 10.0 Å². The van der Waals surface area contributed by atoms with Gasteiger partial charge in [0.15, 0.2) is 5.96 Å². The Kier molecular flexibility index (Phi) is 7.61. The molecule has 1 heterocycles. The van der Waals surface area contributed by atoms with E-state index in [1.807, 2.05) is 6.20 Å². The van der Waals surface area contributed by atoms with Crippen molar-refractivity contribution >= 4 is 26.9 Å². The summed E-state index contributed by atoms with van der Waals surface area (Å²) in [7, 11) is 0.143. The summed E-state index contributed by atoms with van der Waals surface area (Å²) < 4.78 is 38.2. The maximum Gasteiger partial charge on any atom is 0.213 e. The Morgan fingerprint density at radius 2 is 2.04 bits per heavy atom. The lowest BCUT2D eigenvalue weighted by atomic mass is 10.1. The number of fused-ring (bicyclic) bond motifs is 1. The van der Waals surface area contributed by atoms with Crippen LogP contribution in [0.5, 0.6) is 0 Å². The van der Waals surface area contributed by atoms with E-state index >= 15 is 0 Å². The molecule has 0 radical (unpaired) electrons. The van der Waals surface area contributed by atoms with Gasteiger partial charge in [-0.3, -0.25) is 4.99 Å². The predicted octanol–water partition coefficient (Wildman–Crippen LogP) is 1.69. The standard InChI is InChI=1S/C18H28FN5O2S/c1-4-27(25,26)24(3)11-5-9-21-18(20-2)22-10-8-14-13-23-17-7-6-15(19)12-16(14)17/h6-7,12-13,23H,4-5,8-11H2,1-3H3,(H2,20,21,22). The van der Waals surface area contributed by atoms with E-state index in [0.29, 0.717) is 32.0 Å². The third kappa shape index (κ3) is 5.93. The molecule has 0 aliphatic rings. The highest BCUT2D eigenvalue weighted by Gasteiger charge is 2.14. The number of halogens is 1. The Morgan fingerprint density at radius 3 is 2.74 bits per heavy atom. The third-order valence-electron chi connectivity index (χ3n) is 4.42. The fraction of sp³-hybridized carbons (Fsp3) is 0.500. The summed E-state index contributed by atoms with van der Waals surface area (Å²) in [4.78, 5) is 7.30. The van der Waals surface area contributed by atoms with Gasteiger partial charge in [0, 0.05) is 50.8 Å². The van der Waals surface area contributed by atoms with Crippen molar-refractivity contribution in [1.82, 2.24) is 19.9 Å². The van der Waals surface area contributed by atoms with E-state index in [2.05, 4.69) is 20.6 Å². The second-order valence-corrected chi connectivity index (χ2v) is 8.62. The lowest BCUT2D eigenvalue weighted by molar-refractivity contribution is 0.461. The van der Waals surface area contributed by atoms with E-state index in [0.717, 1.165) is 22.9 Å². The average molecular weight is 398 g/mol. The molecule has 0 bridgehead atoms. The highest BCUT2D eigenvalue weighted by molar-refractivity contribution is 7.89. The van der Waals surface area contributed by atoms with Crippen LogP contribution < -0.4 is 10.6 Å². The molecule has 1 aromatic heterocycles. The van der Waals surface area contributed by atoms with Crippen LogP contribution in [0.3, 0.4) is 0 Å². The summed E-state index contributed by atoms with van der Waals surface area (Å²) in [5.74, 6) is 0.517. The number of aromatic amines is 1. The molecule has 0 fully saturated rings. The quantitative estimate of drug-likeness (QED) is 0.341. The number of nitrogens with one attached hydrogen (secondary N) is 3. The van der Waals surface area contributed by atoms with Gasteiger partial charge < -0.3 is 15.6 Å². The van der Waals surface area contributed by atoms with E-state index in [9.17, 15) is 12.8 Å². The Labute approximate surface area is 160 Å². The Bertz CT molecular complexity index is 879. The largest absolute Gasteiger partial charge is 0.361 e. The molecular formula is C18H28FN5O2S. The highest BCUT2D eigenvalue weighted by atomic mass is 32.2. The summed E-state index contributed by atoms with van der Waals surface area (Å²) >= 11 is 0. The van der Waals surface area contributed by atoms with Crippen molar-refractivity contribution in [3.8, 4) is 0 Å². The fourth-order valence-electron chi connectivity index (χ4n) is 2.76. The number of benzene rings is 1. The molecule has 0 atom stereocenters. The molecule has 2 rings (SSSR count). The number of rotatable bonds is 9. The molecule has 3 N–H and O–H groups in total. The summed E-state index contributed by atoms with van der Waals surface area (Å²) in [6.45, 7) is 3.35. The van der Waals surface area contributed by atoms with E-state index in [4.69, 9.17) is 0 Å². The number of guanidine groups is 1. The van der Waals surface area contributed by atoms with Crippen LogP contribution in [0, 0.1) is 5.82 Å². The van der Waals surface area contributed by atoms with Crippen molar-refractivity contribution in [3.63, 3.8) is 0 Å². The highest BCUT2D eigenvalue weighted by Crippen LogP contribution is 2.19. The number of hydrogen-bond donors (Lipinski definition) is 3. The first-order valence-corrected chi connectivity index (χ1v) is 10.6. The molecule has 2 aromatic rings. The van der Waals surface area contributed by atoms with Crippen LogP contribution in [0.1, 0.15) is 18.9 Å². The van der Waals surface area contributed by atoms with Crippen LogP contribution in [-0.4, -0.2) is 63.1 Å². The topological polar surface area (TPSA) is 89.6 Å². The molecule has 0 saturated carbocycles. The van der Waals surface area contributed by atoms with Crippen LogP contribution in [-0.2, 0) is 16.4 Å². The molecule has 0 spiro atoms. The molecular weight excluding hydrogens is 369 g/mol. The van der Waals surface area contributed by atoms with Crippen LogP contribution in [0.25, 0.3) is 10.9 Å². The maximum absolute atomic E-state index is 13.4. The number of hydrogen-bond acceptors (Lipinski definition) is 3. The minimum atomic E-state index is -3.13. The molecule has 1 aromatic carbocycles. The van der Waals surface area contributed by atoms with Crippen molar-refractivity contribution in [2.75, 3.05) is 39.5 Å². The summed E-state index contributed by atoms with van der Waals surface area (Å²) in [6, 6.07) is 4.71. The molecule has 150 valence electrons. The van der Waals surface area contributed by atoms with Crippen molar-refractivity contribution in [3.05, 3.63) is 35.8 Å². The maximum atomic E-state index is 13.4. The molecule has 7 nitrogen and oxygen atoms in total. The van der Waals surface area contributed by atoms with Gasteiger partial charge in [0.25, 0.3) is 0 Å². The van der Waals surface area contributed by atoms with Crippen molar-refractivity contribution in [2.24, 2.45) is 4.99 Å². The molecule has 0 unspecified atom stereocenters. The molecule has 0 aliphatic carbocycles. The van der Waals surface area contributed by atoms with E-state index in [1.54, 1.807) is 27.1 Å². The van der Waals surface area contributed by atoms with Gasteiger partial charge in [-0.25, -0.2) is 17.1 Å². The lowest BCUT2D eigenvalue weighted by Crippen LogP contribution is -2.39. The summed E-state index contributed by atoms with van der Waals surface area (Å²) in [5.41, 5.74) is 1.96. The summed E-state index contributed by atoms with van der Waals surface area (Å²) in [6.07, 6.45) is 3.30. The first kappa shape index (κ1) is 21.2. The van der Waals surface area contributed by atoms with Gasteiger partial charge in [-0.1, -0.05) is 0 Å². The first-order valence-electron chi connectivity index (χ1n) is 9.01. The zero-order valence-corrected chi connectivity index (χ0v) is 16.9. The second kappa shape index (κ2) is 9.70. The number of sulfonamides is 1. The van der Waals surface area contributed by atoms with Gasteiger partial charge in [-0.15, -0.1) is 0 Å². The number of aliphatic imine (C=N–C) groups is 1. The SMILES string of the molecule is CCS(=O)(=O)N(C)CCCNC(=NC)NCCc1c[nH]c2ccc(F)cc12. The number of aromatic nitrogens is 1. The smallest absolute Gasteiger partial charge is 0.213 e. The monoisotopic (exact) mass is 397 g/mol. The van der Waals surface area contributed by atoms with Gasteiger partial charge >= 0.3 is 0 Å². The van der Waals surface area contributed by atoms with Gasteiger partial charge in [-0.05, 0) is 43.5 Å². The van der Waals surface area contributed by atoms with Gasteiger partial charge in [-0.2, -0.15) is 0 Å². The van der Waals surface area contributed by atoms with Crippen molar-refractivity contribution < 1.29 is 12.8 Å². The van der Waals surface area contributed by atoms with Gasteiger partial charge in [0.05, 0.1) is 5.75 Å². The molecule has 0 aliphatic heterocycles. The second-order valence-electron chi connectivity index (χ2n) is 6.26. The number of nitrogens with zero attached hydrogens (tertiary/aromatic N) is 2. The first-order chi connectivity index (χ1) is 12.9. The van der Waals surface area contributed by atoms with Crippen LogP contribution in [0.4, 0.5) is 4.39 Å². The van der Waals surface area contributed by atoms with Crippen LogP contribution in [0.2, 0.25) is 0 Å². The Hall–Kier alpha value is -2.13. The molecule has 27 heavy (non-hydrogen) atoms. The zero-order chi connectivity index (χ0) is 19.9. The normalized spacial score (nSPS) is 12.7. The Balaban J connectivity index is 1.75. The number of H-pyrrole nitrogens is 1. The van der Waals surface area contributed by atoms with E-state index in [-0.39, 0.29) is 11.6 Å². The minimum Gasteiger partial charge on any atom is -0.361 e. The van der Waals surface area contributed by atoms with Crippen LogP contribution in [0.15, 0.2) is 29.4 Å². The van der Waals surface area contributed by atoms with Crippen molar-refractivity contribution in [1.29, 1.82) is 0 Å². The van der Waals surface area contributed by atoms with Gasteiger partial charge in [0.1, 0.15) is 5.82 Å². The summed E-state index contributed by atoms with van der Waals surface area (Å²) in [5, 5.41) is 7.27. The van der Waals surface area contributed by atoms with E-state index < -0.39 is 10.0 Å². The molecule has 0 amide bonds. The van der Waals surface area contributed by atoms with Crippen molar-refractivity contribution in [2.45, 2.75) is 19.8 Å². The average Bonchev–Trinajstić information content (AvgIpc) is 3.05. The zero-order valence-electron chi connectivity index (χ0n) is 16.0. The minimum absolute atomic E-state index is 0.109. The molecule has 9 heteroatoms. The Morgan fingerprint density at radius 1 is 1.30 bits per heavy atom. The predicted molar refractivity (Wildman–Crippen MR) is 108 cm³/mol.